The van der Waals surface area contributed by atoms with Crippen LogP contribution in [0.2, 0.25) is 10.0 Å². The van der Waals surface area contributed by atoms with Crippen molar-refractivity contribution < 1.29 is 0 Å². The van der Waals surface area contributed by atoms with Crippen LogP contribution >= 0.6 is 23.2 Å². The van der Waals surface area contributed by atoms with Gasteiger partial charge in [-0.15, -0.1) is 0 Å². The van der Waals surface area contributed by atoms with Crippen molar-refractivity contribution in [3.05, 3.63) is 39.0 Å². The fraction of sp³-hybridized carbons (Fsp3) is 0.308. The summed E-state index contributed by atoms with van der Waals surface area (Å²) in [7, 11) is 0. The summed E-state index contributed by atoms with van der Waals surface area (Å²) in [5, 5.41) is 2.24. The molecule has 0 saturated carbocycles. The Bertz CT molecular complexity index is 608. The first kappa shape index (κ1) is 11.3. The van der Waals surface area contributed by atoms with Crippen molar-refractivity contribution in [2.75, 3.05) is 0 Å². The van der Waals surface area contributed by atoms with Gasteiger partial charge in [0.15, 0.2) is 0 Å². The molecule has 2 nitrogen and oxygen atoms in total. The molecule has 0 fully saturated rings. The SMILES string of the molecule is NCc1c2c(nc3cc(Cl)cc(Cl)c13)CCC2. The van der Waals surface area contributed by atoms with Crippen molar-refractivity contribution in [3.63, 3.8) is 0 Å². The Balaban J connectivity index is 2.45. The average Bonchev–Trinajstić information content (AvgIpc) is 2.73. The molecule has 0 aliphatic heterocycles. The lowest BCUT2D eigenvalue weighted by atomic mass is 10.0. The molecule has 17 heavy (non-hydrogen) atoms. The number of hydrogen-bond acceptors (Lipinski definition) is 2. The Labute approximate surface area is 110 Å². The molecule has 4 heteroatoms. The third-order valence-corrected chi connectivity index (χ3v) is 3.86. The van der Waals surface area contributed by atoms with Gasteiger partial charge < -0.3 is 5.73 Å². The summed E-state index contributed by atoms with van der Waals surface area (Å²) in [4.78, 5) is 4.66. The fourth-order valence-electron chi connectivity index (χ4n) is 2.64. The highest BCUT2D eigenvalue weighted by Gasteiger charge is 2.20. The summed E-state index contributed by atoms with van der Waals surface area (Å²) in [5.41, 5.74) is 10.3. The first-order chi connectivity index (χ1) is 8.20. The van der Waals surface area contributed by atoms with Gasteiger partial charge in [0, 0.05) is 22.6 Å². The van der Waals surface area contributed by atoms with Crippen molar-refractivity contribution >= 4 is 34.1 Å². The molecule has 0 atom stereocenters. The number of rotatable bonds is 1. The summed E-state index contributed by atoms with van der Waals surface area (Å²) in [5.74, 6) is 0. The van der Waals surface area contributed by atoms with E-state index >= 15 is 0 Å². The van der Waals surface area contributed by atoms with Crippen LogP contribution in [0.25, 0.3) is 10.9 Å². The van der Waals surface area contributed by atoms with Crippen molar-refractivity contribution in [2.45, 2.75) is 25.8 Å². The van der Waals surface area contributed by atoms with Crippen molar-refractivity contribution in [1.29, 1.82) is 0 Å². The number of aromatic nitrogens is 1. The van der Waals surface area contributed by atoms with Gasteiger partial charge in [-0.1, -0.05) is 23.2 Å². The second-order valence-electron chi connectivity index (χ2n) is 4.36. The van der Waals surface area contributed by atoms with E-state index in [9.17, 15) is 0 Å². The molecule has 3 rings (SSSR count). The Hall–Kier alpha value is -0.830. The van der Waals surface area contributed by atoms with E-state index in [0.717, 1.165) is 41.4 Å². The molecule has 1 aromatic heterocycles. The van der Waals surface area contributed by atoms with Crippen LogP contribution in [0.3, 0.4) is 0 Å². The van der Waals surface area contributed by atoms with Crippen molar-refractivity contribution in [1.82, 2.24) is 4.98 Å². The van der Waals surface area contributed by atoms with Crippen LogP contribution in [0.1, 0.15) is 23.2 Å². The molecule has 2 N–H and O–H groups in total. The van der Waals surface area contributed by atoms with Crippen LogP contribution in [-0.4, -0.2) is 4.98 Å². The second-order valence-corrected chi connectivity index (χ2v) is 5.20. The van der Waals surface area contributed by atoms with Crippen LogP contribution < -0.4 is 5.73 Å². The lowest BCUT2D eigenvalue weighted by Gasteiger charge is -2.12. The summed E-state index contributed by atoms with van der Waals surface area (Å²) in [6, 6.07) is 3.62. The molecule has 0 saturated heterocycles. The minimum absolute atomic E-state index is 0.503. The molecule has 0 bridgehead atoms. The topological polar surface area (TPSA) is 38.9 Å². The van der Waals surface area contributed by atoms with E-state index in [1.807, 2.05) is 6.07 Å². The molecular formula is C13H12Cl2N2. The van der Waals surface area contributed by atoms with E-state index < -0.39 is 0 Å². The number of hydrogen-bond donors (Lipinski definition) is 1. The molecule has 2 aromatic rings. The maximum absolute atomic E-state index is 6.27. The number of pyridine rings is 1. The van der Waals surface area contributed by atoms with E-state index in [4.69, 9.17) is 28.9 Å². The van der Waals surface area contributed by atoms with Crippen LogP contribution in [0, 0.1) is 0 Å². The average molecular weight is 267 g/mol. The highest BCUT2D eigenvalue weighted by atomic mass is 35.5. The van der Waals surface area contributed by atoms with E-state index in [2.05, 4.69) is 4.98 Å². The number of nitrogens with zero attached hydrogens (tertiary/aromatic N) is 1. The van der Waals surface area contributed by atoms with E-state index in [0.29, 0.717) is 16.6 Å². The molecule has 0 spiro atoms. The van der Waals surface area contributed by atoms with Gasteiger partial charge >= 0.3 is 0 Å². The second kappa shape index (κ2) is 4.13. The Morgan fingerprint density at radius 2 is 2.06 bits per heavy atom. The predicted molar refractivity (Wildman–Crippen MR) is 71.7 cm³/mol. The summed E-state index contributed by atoms with van der Waals surface area (Å²) >= 11 is 12.3. The lowest BCUT2D eigenvalue weighted by molar-refractivity contribution is 0.896. The quantitative estimate of drug-likeness (QED) is 0.859. The highest BCUT2D eigenvalue weighted by molar-refractivity contribution is 6.38. The number of benzene rings is 1. The van der Waals surface area contributed by atoms with Gasteiger partial charge in [-0.25, -0.2) is 0 Å². The standard InChI is InChI=1S/C13H12Cl2N2/c14-7-4-10(15)13-9(6-16)8-2-1-3-11(8)17-12(13)5-7/h4-5H,1-3,6,16H2. The molecule has 1 aliphatic rings. The Kier molecular flexibility index (Phi) is 2.74. The van der Waals surface area contributed by atoms with Crippen LogP contribution in [0.5, 0.6) is 0 Å². The molecule has 0 radical (unpaired) electrons. The van der Waals surface area contributed by atoms with Gasteiger partial charge in [0.25, 0.3) is 0 Å². The molecular weight excluding hydrogens is 255 g/mol. The molecule has 88 valence electrons. The summed E-state index contributed by atoms with van der Waals surface area (Å²) in [6.07, 6.45) is 3.24. The maximum atomic E-state index is 6.27. The molecule has 1 aliphatic carbocycles. The Morgan fingerprint density at radius 1 is 1.24 bits per heavy atom. The maximum Gasteiger partial charge on any atom is 0.0738 e. The van der Waals surface area contributed by atoms with E-state index in [1.54, 1.807) is 6.07 Å². The zero-order chi connectivity index (χ0) is 12.0. The van der Waals surface area contributed by atoms with Crippen LogP contribution in [0.15, 0.2) is 12.1 Å². The fourth-order valence-corrected chi connectivity index (χ4v) is 3.24. The van der Waals surface area contributed by atoms with Gasteiger partial charge in [-0.3, -0.25) is 4.98 Å². The monoisotopic (exact) mass is 266 g/mol. The predicted octanol–water partition coefficient (Wildman–Crippen LogP) is 3.49. The lowest BCUT2D eigenvalue weighted by Crippen LogP contribution is -2.05. The van der Waals surface area contributed by atoms with Crippen molar-refractivity contribution in [2.24, 2.45) is 5.73 Å². The smallest absolute Gasteiger partial charge is 0.0738 e. The highest BCUT2D eigenvalue weighted by Crippen LogP contribution is 2.35. The Morgan fingerprint density at radius 3 is 2.82 bits per heavy atom. The number of nitrogens with two attached hydrogens (primary N) is 1. The summed E-state index contributed by atoms with van der Waals surface area (Å²) in [6.45, 7) is 0.503. The zero-order valence-corrected chi connectivity index (χ0v) is 10.8. The minimum atomic E-state index is 0.503. The van der Waals surface area contributed by atoms with E-state index in [1.165, 1.54) is 5.56 Å². The summed E-state index contributed by atoms with van der Waals surface area (Å²) < 4.78 is 0. The third-order valence-electron chi connectivity index (χ3n) is 3.35. The molecule has 0 unspecified atom stereocenters. The molecule has 1 aromatic carbocycles. The zero-order valence-electron chi connectivity index (χ0n) is 9.26. The molecule has 0 amide bonds. The first-order valence-electron chi connectivity index (χ1n) is 5.70. The van der Waals surface area contributed by atoms with Gasteiger partial charge in [-0.2, -0.15) is 0 Å². The minimum Gasteiger partial charge on any atom is -0.326 e. The number of halogens is 2. The van der Waals surface area contributed by atoms with Gasteiger partial charge in [-0.05, 0) is 42.5 Å². The van der Waals surface area contributed by atoms with Crippen LogP contribution in [-0.2, 0) is 19.4 Å². The van der Waals surface area contributed by atoms with Gasteiger partial charge in [0.2, 0.25) is 0 Å². The largest absolute Gasteiger partial charge is 0.326 e. The number of fused-ring (bicyclic) bond motifs is 2. The van der Waals surface area contributed by atoms with Crippen molar-refractivity contribution in [3.8, 4) is 0 Å². The number of aryl methyl sites for hydroxylation is 1. The third kappa shape index (κ3) is 1.71. The van der Waals surface area contributed by atoms with Crippen LogP contribution in [0.4, 0.5) is 0 Å². The van der Waals surface area contributed by atoms with Gasteiger partial charge in [0.1, 0.15) is 0 Å². The van der Waals surface area contributed by atoms with E-state index in [-0.39, 0.29) is 0 Å². The molecule has 1 heterocycles. The first-order valence-corrected chi connectivity index (χ1v) is 6.45. The van der Waals surface area contributed by atoms with Gasteiger partial charge in [0.05, 0.1) is 10.5 Å². The normalized spacial score (nSPS) is 14.3.